The summed E-state index contributed by atoms with van der Waals surface area (Å²) < 4.78 is 3.83. The molecule has 7 heteroatoms. The van der Waals surface area contributed by atoms with E-state index in [0.29, 0.717) is 31.7 Å². The second kappa shape index (κ2) is 5.64. The van der Waals surface area contributed by atoms with Crippen molar-refractivity contribution in [1.29, 1.82) is 5.26 Å². The van der Waals surface area contributed by atoms with Gasteiger partial charge in [-0.2, -0.15) is 10.4 Å². The van der Waals surface area contributed by atoms with E-state index < -0.39 is 0 Å². The lowest BCUT2D eigenvalue weighted by molar-refractivity contribution is -0.133. The van der Waals surface area contributed by atoms with E-state index in [2.05, 4.69) is 10.1 Å². The summed E-state index contributed by atoms with van der Waals surface area (Å²) in [7, 11) is 0. The zero-order valence-corrected chi connectivity index (χ0v) is 12.7. The molecule has 0 unspecified atom stereocenters. The molecule has 1 amide bonds. The third-order valence-electron chi connectivity index (χ3n) is 4.07. The Labute approximate surface area is 128 Å². The minimum Gasteiger partial charge on any atom is -0.335 e. The summed E-state index contributed by atoms with van der Waals surface area (Å²) in [6, 6.07) is 3.87. The summed E-state index contributed by atoms with van der Waals surface area (Å²) in [6.07, 6.45) is 4.09. The van der Waals surface area contributed by atoms with Crippen molar-refractivity contribution in [2.75, 3.05) is 6.54 Å². The van der Waals surface area contributed by atoms with Crippen LogP contribution in [0.4, 0.5) is 0 Å². The maximum atomic E-state index is 12.5. The van der Waals surface area contributed by atoms with E-state index in [1.807, 2.05) is 40.3 Å². The van der Waals surface area contributed by atoms with E-state index in [0.717, 1.165) is 11.5 Å². The first-order valence-electron chi connectivity index (χ1n) is 7.32. The van der Waals surface area contributed by atoms with Gasteiger partial charge in [0.15, 0.2) is 5.69 Å². The first-order chi connectivity index (χ1) is 10.6. The molecule has 0 spiro atoms. The molecule has 114 valence electrons. The third kappa shape index (κ3) is 2.60. The summed E-state index contributed by atoms with van der Waals surface area (Å²) >= 11 is 0. The standard InChI is InChI=1S/C15H18N6O/c1-11(20-4-3-17-12(20)2)7-15(22)19-5-6-21-14(10-19)8-13(9-16)18-21/h3-4,8,11H,5-7,10H2,1-2H3/t11-/m0/s1. The highest BCUT2D eigenvalue weighted by molar-refractivity contribution is 5.76. The van der Waals surface area contributed by atoms with Crippen LogP contribution < -0.4 is 0 Å². The van der Waals surface area contributed by atoms with Gasteiger partial charge in [0.05, 0.1) is 18.8 Å². The Balaban J connectivity index is 1.67. The van der Waals surface area contributed by atoms with E-state index in [4.69, 9.17) is 5.26 Å². The van der Waals surface area contributed by atoms with E-state index in [9.17, 15) is 4.79 Å². The Morgan fingerprint density at radius 2 is 2.32 bits per heavy atom. The highest BCUT2D eigenvalue weighted by Crippen LogP contribution is 2.18. The van der Waals surface area contributed by atoms with Gasteiger partial charge in [0, 0.05) is 31.4 Å². The number of carbonyl (C=O) groups excluding carboxylic acids is 1. The molecule has 3 heterocycles. The average Bonchev–Trinajstić information content (AvgIpc) is 3.11. The highest BCUT2D eigenvalue weighted by Gasteiger charge is 2.24. The van der Waals surface area contributed by atoms with E-state index in [-0.39, 0.29) is 11.9 Å². The van der Waals surface area contributed by atoms with Gasteiger partial charge in [-0.1, -0.05) is 0 Å². The minimum absolute atomic E-state index is 0.0801. The van der Waals surface area contributed by atoms with Crippen molar-refractivity contribution in [3.05, 3.63) is 35.7 Å². The molecule has 0 N–H and O–H groups in total. The predicted octanol–water partition coefficient (Wildman–Crippen LogP) is 1.25. The van der Waals surface area contributed by atoms with Gasteiger partial charge < -0.3 is 9.47 Å². The van der Waals surface area contributed by atoms with Crippen LogP contribution in [0.5, 0.6) is 0 Å². The summed E-state index contributed by atoms with van der Waals surface area (Å²) in [6.45, 7) is 5.75. The maximum absolute atomic E-state index is 12.5. The van der Waals surface area contributed by atoms with Crippen molar-refractivity contribution < 1.29 is 4.79 Å². The molecule has 0 saturated heterocycles. The Morgan fingerprint density at radius 3 is 3.00 bits per heavy atom. The molecule has 2 aromatic heterocycles. The van der Waals surface area contributed by atoms with Crippen molar-refractivity contribution >= 4 is 5.91 Å². The fourth-order valence-corrected chi connectivity index (χ4v) is 2.87. The number of fused-ring (bicyclic) bond motifs is 1. The lowest BCUT2D eigenvalue weighted by Gasteiger charge is -2.29. The van der Waals surface area contributed by atoms with Crippen LogP contribution in [0.1, 0.15) is 36.6 Å². The van der Waals surface area contributed by atoms with E-state index in [1.54, 1.807) is 12.3 Å². The molecule has 2 aromatic rings. The number of aryl methyl sites for hydroxylation is 1. The summed E-state index contributed by atoms with van der Waals surface area (Å²) in [5.41, 5.74) is 1.33. The average molecular weight is 298 g/mol. The van der Waals surface area contributed by atoms with Crippen molar-refractivity contribution in [2.45, 2.75) is 39.4 Å². The highest BCUT2D eigenvalue weighted by atomic mass is 16.2. The molecule has 0 radical (unpaired) electrons. The number of imidazole rings is 1. The molecule has 22 heavy (non-hydrogen) atoms. The smallest absolute Gasteiger partial charge is 0.225 e. The monoisotopic (exact) mass is 298 g/mol. The third-order valence-corrected chi connectivity index (χ3v) is 4.07. The van der Waals surface area contributed by atoms with Crippen LogP contribution in [0, 0.1) is 18.3 Å². The molecule has 3 rings (SSSR count). The number of nitrogens with zero attached hydrogens (tertiary/aromatic N) is 6. The van der Waals surface area contributed by atoms with Gasteiger partial charge in [-0.25, -0.2) is 4.98 Å². The number of nitriles is 1. The van der Waals surface area contributed by atoms with Crippen molar-refractivity contribution in [1.82, 2.24) is 24.2 Å². The van der Waals surface area contributed by atoms with Crippen molar-refractivity contribution in [2.24, 2.45) is 0 Å². The molecule has 0 aliphatic carbocycles. The molecule has 0 bridgehead atoms. The SMILES string of the molecule is Cc1nccn1[C@@H](C)CC(=O)N1CCn2nc(C#N)cc2C1. The van der Waals surface area contributed by atoms with Crippen molar-refractivity contribution in [3.8, 4) is 6.07 Å². The quantitative estimate of drug-likeness (QED) is 0.854. The molecule has 1 aliphatic rings. The van der Waals surface area contributed by atoms with Crippen LogP contribution in [0.3, 0.4) is 0 Å². The topological polar surface area (TPSA) is 79.7 Å². The molecule has 1 aliphatic heterocycles. The zero-order chi connectivity index (χ0) is 15.7. The number of amides is 1. The second-order valence-corrected chi connectivity index (χ2v) is 5.61. The molecule has 1 atom stereocenters. The Hall–Kier alpha value is -2.62. The number of rotatable bonds is 3. The zero-order valence-electron chi connectivity index (χ0n) is 12.7. The Kier molecular flexibility index (Phi) is 3.67. The summed E-state index contributed by atoms with van der Waals surface area (Å²) in [5.74, 6) is 1.03. The maximum Gasteiger partial charge on any atom is 0.225 e. The fraction of sp³-hybridized carbons (Fsp3) is 0.467. The lowest BCUT2D eigenvalue weighted by atomic mass is 10.2. The van der Waals surface area contributed by atoms with Gasteiger partial charge in [-0.05, 0) is 19.9 Å². The van der Waals surface area contributed by atoms with Gasteiger partial charge in [-0.15, -0.1) is 0 Å². The normalized spacial score (nSPS) is 15.2. The van der Waals surface area contributed by atoms with Crippen LogP contribution in [-0.4, -0.2) is 36.7 Å². The van der Waals surface area contributed by atoms with Crippen LogP contribution in [0.15, 0.2) is 18.5 Å². The summed E-state index contributed by atoms with van der Waals surface area (Å²) in [4.78, 5) is 18.5. The van der Waals surface area contributed by atoms with Crippen molar-refractivity contribution in [3.63, 3.8) is 0 Å². The molecule has 0 aromatic carbocycles. The largest absolute Gasteiger partial charge is 0.335 e. The lowest BCUT2D eigenvalue weighted by Crippen LogP contribution is -2.39. The Bertz CT molecular complexity index is 738. The van der Waals surface area contributed by atoms with Crippen LogP contribution in [0.25, 0.3) is 0 Å². The minimum atomic E-state index is 0.0801. The first-order valence-corrected chi connectivity index (χ1v) is 7.32. The van der Waals surface area contributed by atoms with Crippen LogP contribution in [0.2, 0.25) is 0 Å². The number of aromatic nitrogens is 4. The van der Waals surface area contributed by atoms with Crippen LogP contribution >= 0.6 is 0 Å². The van der Waals surface area contributed by atoms with Gasteiger partial charge in [0.1, 0.15) is 11.9 Å². The molecular formula is C15H18N6O. The van der Waals surface area contributed by atoms with Gasteiger partial charge in [0.25, 0.3) is 0 Å². The fourth-order valence-electron chi connectivity index (χ4n) is 2.87. The number of hydrogen-bond donors (Lipinski definition) is 0. The number of hydrogen-bond acceptors (Lipinski definition) is 4. The molecule has 7 nitrogen and oxygen atoms in total. The molecular weight excluding hydrogens is 280 g/mol. The van der Waals surface area contributed by atoms with Gasteiger partial charge in [-0.3, -0.25) is 9.48 Å². The van der Waals surface area contributed by atoms with E-state index in [1.165, 1.54) is 0 Å². The van der Waals surface area contributed by atoms with Gasteiger partial charge >= 0.3 is 0 Å². The Morgan fingerprint density at radius 1 is 1.50 bits per heavy atom. The first kappa shape index (κ1) is 14.3. The predicted molar refractivity (Wildman–Crippen MR) is 78.7 cm³/mol. The van der Waals surface area contributed by atoms with Gasteiger partial charge in [0.2, 0.25) is 5.91 Å². The van der Waals surface area contributed by atoms with E-state index >= 15 is 0 Å². The molecule has 0 fully saturated rings. The second-order valence-electron chi connectivity index (χ2n) is 5.61. The number of carbonyl (C=O) groups is 1. The molecule has 0 saturated carbocycles. The van der Waals surface area contributed by atoms with Crippen LogP contribution in [-0.2, 0) is 17.9 Å². The summed E-state index contributed by atoms with van der Waals surface area (Å²) in [5, 5.41) is 13.1.